The topological polar surface area (TPSA) is 43.9 Å². The van der Waals surface area contributed by atoms with Crippen molar-refractivity contribution < 1.29 is 9.59 Å². The number of nitrogens with zero attached hydrogens (tertiary/aromatic N) is 3. The Kier molecular flexibility index (Phi) is 8.83. The third-order valence-electron chi connectivity index (χ3n) is 7.23. The van der Waals surface area contributed by atoms with Crippen molar-refractivity contribution in [3.63, 3.8) is 0 Å². The molecule has 1 saturated carbocycles. The van der Waals surface area contributed by atoms with E-state index >= 15 is 0 Å². The highest BCUT2D eigenvalue weighted by atomic mass is 16.2. The van der Waals surface area contributed by atoms with Crippen LogP contribution < -0.4 is 0 Å². The van der Waals surface area contributed by atoms with E-state index in [0.717, 1.165) is 51.9 Å². The van der Waals surface area contributed by atoms with Gasteiger partial charge in [-0.25, -0.2) is 0 Å². The van der Waals surface area contributed by atoms with Crippen molar-refractivity contribution >= 4 is 11.8 Å². The van der Waals surface area contributed by atoms with Gasteiger partial charge in [-0.3, -0.25) is 9.59 Å². The van der Waals surface area contributed by atoms with Gasteiger partial charge in [0.1, 0.15) is 0 Å². The average molecular weight is 406 g/mol. The molecule has 0 spiro atoms. The van der Waals surface area contributed by atoms with Crippen molar-refractivity contribution in [3.05, 3.63) is 0 Å². The van der Waals surface area contributed by atoms with Crippen LogP contribution in [-0.4, -0.2) is 71.8 Å². The van der Waals surface area contributed by atoms with E-state index in [0.29, 0.717) is 11.8 Å². The molecular formula is C24H43N3O2. The second-order valence-corrected chi connectivity index (χ2v) is 9.93. The van der Waals surface area contributed by atoms with Gasteiger partial charge in [-0.05, 0) is 70.5 Å². The Hall–Kier alpha value is -1.10. The minimum absolute atomic E-state index is 0.0232. The number of carbonyl (C=O) groups excluding carboxylic acids is 2. The molecule has 0 aromatic carbocycles. The largest absolute Gasteiger partial charge is 0.341 e. The highest BCUT2D eigenvalue weighted by Crippen LogP contribution is 2.28. The Balaban J connectivity index is 1.54. The number of hydrogen-bond donors (Lipinski definition) is 0. The first-order valence-electron chi connectivity index (χ1n) is 12.3. The maximum Gasteiger partial charge on any atom is 0.225 e. The Morgan fingerprint density at radius 3 is 2.34 bits per heavy atom. The van der Waals surface area contributed by atoms with Crippen LogP contribution in [0.2, 0.25) is 0 Å². The maximum atomic E-state index is 13.0. The number of rotatable bonds is 8. The SMILES string of the molecule is CC(C)C(=O)N(CCCN1CCCC1)[C@H]1CCCN(C(=O)CC2CCCCC2)C1. The summed E-state index contributed by atoms with van der Waals surface area (Å²) in [5.41, 5.74) is 0. The van der Waals surface area contributed by atoms with Crippen LogP contribution in [0.1, 0.15) is 84.5 Å². The summed E-state index contributed by atoms with van der Waals surface area (Å²) >= 11 is 0. The first kappa shape index (κ1) is 22.6. The predicted molar refractivity (Wildman–Crippen MR) is 118 cm³/mol. The third-order valence-corrected chi connectivity index (χ3v) is 7.23. The lowest BCUT2D eigenvalue weighted by Crippen LogP contribution is -2.53. The molecule has 166 valence electrons. The van der Waals surface area contributed by atoms with E-state index < -0.39 is 0 Å². The van der Waals surface area contributed by atoms with Gasteiger partial charge in [0.2, 0.25) is 11.8 Å². The van der Waals surface area contributed by atoms with Crippen LogP contribution in [-0.2, 0) is 9.59 Å². The molecule has 2 saturated heterocycles. The molecule has 3 fully saturated rings. The Morgan fingerprint density at radius 2 is 1.66 bits per heavy atom. The van der Waals surface area contributed by atoms with Crippen LogP contribution in [0.4, 0.5) is 0 Å². The number of hydrogen-bond acceptors (Lipinski definition) is 3. The molecule has 29 heavy (non-hydrogen) atoms. The van der Waals surface area contributed by atoms with Crippen LogP contribution >= 0.6 is 0 Å². The van der Waals surface area contributed by atoms with Crippen molar-refractivity contribution in [1.29, 1.82) is 0 Å². The van der Waals surface area contributed by atoms with E-state index in [-0.39, 0.29) is 17.9 Å². The molecule has 0 radical (unpaired) electrons. The highest BCUT2D eigenvalue weighted by Gasteiger charge is 2.32. The lowest BCUT2D eigenvalue weighted by molar-refractivity contribution is -0.142. The minimum Gasteiger partial charge on any atom is -0.341 e. The molecule has 0 aromatic rings. The summed E-state index contributed by atoms with van der Waals surface area (Å²) in [6.45, 7) is 9.99. The number of piperidine rings is 1. The van der Waals surface area contributed by atoms with Gasteiger partial charge in [-0.1, -0.05) is 33.1 Å². The van der Waals surface area contributed by atoms with E-state index in [4.69, 9.17) is 0 Å². The van der Waals surface area contributed by atoms with Gasteiger partial charge in [-0.15, -0.1) is 0 Å². The minimum atomic E-state index is 0.0232. The zero-order valence-corrected chi connectivity index (χ0v) is 18.9. The van der Waals surface area contributed by atoms with E-state index in [1.807, 2.05) is 13.8 Å². The average Bonchev–Trinajstić information content (AvgIpc) is 3.25. The fourth-order valence-electron chi connectivity index (χ4n) is 5.48. The van der Waals surface area contributed by atoms with E-state index in [2.05, 4.69) is 14.7 Å². The second-order valence-electron chi connectivity index (χ2n) is 9.93. The third kappa shape index (κ3) is 6.70. The number of amides is 2. The summed E-state index contributed by atoms with van der Waals surface area (Å²) in [5.74, 6) is 1.20. The summed E-state index contributed by atoms with van der Waals surface area (Å²) in [6.07, 6.45) is 12.8. The highest BCUT2D eigenvalue weighted by molar-refractivity contribution is 5.79. The molecule has 0 N–H and O–H groups in total. The van der Waals surface area contributed by atoms with Crippen molar-refractivity contribution in [2.75, 3.05) is 39.3 Å². The molecule has 2 amide bonds. The van der Waals surface area contributed by atoms with Gasteiger partial charge >= 0.3 is 0 Å². The Bertz CT molecular complexity index is 524. The summed E-state index contributed by atoms with van der Waals surface area (Å²) in [4.78, 5) is 32.6. The fourth-order valence-corrected chi connectivity index (χ4v) is 5.48. The van der Waals surface area contributed by atoms with Crippen LogP contribution in [0.15, 0.2) is 0 Å². The van der Waals surface area contributed by atoms with Gasteiger partial charge in [0.15, 0.2) is 0 Å². The molecule has 1 aliphatic carbocycles. The Morgan fingerprint density at radius 1 is 0.931 bits per heavy atom. The number of carbonyl (C=O) groups is 2. The zero-order chi connectivity index (χ0) is 20.6. The molecule has 5 heteroatoms. The molecule has 2 aliphatic heterocycles. The maximum absolute atomic E-state index is 13.0. The standard InChI is InChI=1S/C24H43N3O2/c1-20(2)24(29)27(17-9-15-25-13-6-7-14-25)22-12-8-16-26(19-22)23(28)18-21-10-4-3-5-11-21/h20-22H,3-19H2,1-2H3/t22-/m0/s1. The Labute approximate surface area is 178 Å². The summed E-state index contributed by atoms with van der Waals surface area (Å²) < 4.78 is 0. The summed E-state index contributed by atoms with van der Waals surface area (Å²) in [5, 5.41) is 0. The lowest BCUT2D eigenvalue weighted by Gasteiger charge is -2.41. The smallest absolute Gasteiger partial charge is 0.225 e. The van der Waals surface area contributed by atoms with Crippen LogP contribution in [0.3, 0.4) is 0 Å². The molecule has 0 unspecified atom stereocenters. The summed E-state index contributed by atoms with van der Waals surface area (Å²) in [6, 6.07) is 0.201. The van der Waals surface area contributed by atoms with E-state index in [1.54, 1.807) is 0 Å². The van der Waals surface area contributed by atoms with Gasteiger partial charge < -0.3 is 14.7 Å². The zero-order valence-electron chi connectivity index (χ0n) is 18.9. The van der Waals surface area contributed by atoms with Gasteiger partial charge in [0, 0.05) is 38.0 Å². The molecule has 3 rings (SSSR count). The molecule has 5 nitrogen and oxygen atoms in total. The summed E-state index contributed by atoms with van der Waals surface area (Å²) in [7, 11) is 0. The van der Waals surface area contributed by atoms with E-state index in [9.17, 15) is 9.59 Å². The van der Waals surface area contributed by atoms with Crippen LogP contribution in [0.25, 0.3) is 0 Å². The van der Waals surface area contributed by atoms with Gasteiger partial charge in [0.25, 0.3) is 0 Å². The predicted octanol–water partition coefficient (Wildman–Crippen LogP) is 3.92. The second kappa shape index (κ2) is 11.3. The first-order valence-corrected chi connectivity index (χ1v) is 12.3. The van der Waals surface area contributed by atoms with Crippen molar-refractivity contribution in [1.82, 2.24) is 14.7 Å². The van der Waals surface area contributed by atoms with E-state index in [1.165, 1.54) is 58.0 Å². The number of likely N-dealkylation sites (tertiary alicyclic amines) is 2. The lowest BCUT2D eigenvalue weighted by atomic mass is 9.86. The quantitative estimate of drug-likeness (QED) is 0.615. The van der Waals surface area contributed by atoms with Gasteiger partial charge in [-0.2, -0.15) is 0 Å². The molecule has 0 bridgehead atoms. The first-order chi connectivity index (χ1) is 14.0. The monoisotopic (exact) mass is 405 g/mol. The molecule has 0 aromatic heterocycles. The van der Waals surface area contributed by atoms with Gasteiger partial charge in [0.05, 0.1) is 0 Å². The molecular weight excluding hydrogens is 362 g/mol. The van der Waals surface area contributed by atoms with Crippen molar-refractivity contribution in [2.24, 2.45) is 11.8 Å². The van der Waals surface area contributed by atoms with Crippen molar-refractivity contribution in [2.45, 2.75) is 90.5 Å². The normalized spacial score (nSPS) is 24.2. The van der Waals surface area contributed by atoms with Crippen molar-refractivity contribution in [3.8, 4) is 0 Å². The van der Waals surface area contributed by atoms with Crippen LogP contribution in [0.5, 0.6) is 0 Å². The van der Waals surface area contributed by atoms with Crippen LogP contribution in [0, 0.1) is 11.8 Å². The molecule has 2 heterocycles. The molecule has 3 aliphatic rings. The fraction of sp³-hybridized carbons (Fsp3) is 0.917. The molecule has 1 atom stereocenters.